The van der Waals surface area contributed by atoms with Gasteiger partial charge in [0.25, 0.3) is 0 Å². The lowest BCUT2D eigenvalue weighted by molar-refractivity contribution is 0.0693. The predicted octanol–water partition coefficient (Wildman–Crippen LogP) is 1.38. The van der Waals surface area contributed by atoms with Crippen molar-refractivity contribution in [1.29, 1.82) is 0 Å². The number of pyridine rings is 1. The van der Waals surface area contributed by atoms with Crippen LogP contribution in [-0.2, 0) is 0 Å². The average Bonchev–Trinajstić information content (AvgIpc) is 2.56. The number of carbonyl (C=O) groups is 1. The first-order valence-electron chi connectivity index (χ1n) is 4.53. The van der Waals surface area contributed by atoms with Crippen molar-refractivity contribution in [2.24, 2.45) is 0 Å². The van der Waals surface area contributed by atoms with Gasteiger partial charge in [-0.25, -0.2) is 9.78 Å². The second kappa shape index (κ2) is 3.27. The Balaban J connectivity index is 2.75. The molecule has 0 atom stereocenters. The zero-order chi connectivity index (χ0) is 11.0. The number of hydrogen-bond acceptors (Lipinski definition) is 3. The molecule has 0 aliphatic carbocycles. The molecule has 2 N–H and O–H groups in total. The van der Waals surface area contributed by atoms with Gasteiger partial charge in [-0.3, -0.25) is 0 Å². The fourth-order valence-electron chi connectivity index (χ4n) is 1.54. The van der Waals surface area contributed by atoms with Gasteiger partial charge in [-0.15, -0.1) is 0 Å². The molecule has 15 heavy (non-hydrogen) atoms. The maximum Gasteiger partial charge on any atom is 0.356 e. The van der Waals surface area contributed by atoms with Crippen molar-refractivity contribution in [2.45, 2.75) is 6.92 Å². The van der Waals surface area contributed by atoms with Crippen LogP contribution in [-0.4, -0.2) is 27.5 Å². The van der Waals surface area contributed by atoms with Crippen molar-refractivity contribution in [1.82, 2.24) is 9.38 Å². The lowest BCUT2D eigenvalue weighted by Gasteiger charge is -2.01. The first-order valence-corrected chi connectivity index (χ1v) is 4.53. The van der Waals surface area contributed by atoms with Crippen molar-refractivity contribution in [2.75, 3.05) is 12.4 Å². The molecule has 0 amide bonds. The van der Waals surface area contributed by atoms with Crippen LogP contribution in [0.2, 0.25) is 0 Å². The first-order chi connectivity index (χ1) is 7.13. The largest absolute Gasteiger partial charge is 0.476 e. The summed E-state index contributed by atoms with van der Waals surface area (Å²) in [5, 5.41) is 11.9. The highest BCUT2D eigenvalue weighted by molar-refractivity contribution is 5.93. The Kier molecular flexibility index (Phi) is 2.07. The molecule has 5 nitrogen and oxygen atoms in total. The molecule has 0 aliphatic heterocycles. The van der Waals surface area contributed by atoms with Crippen molar-refractivity contribution in [3.8, 4) is 0 Å². The quantitative estimate of drug-likeness (QED) is 0.777. The average molecular weight is 205 g/mol. The van der Waals surface area contributed by atoms with E-state index in [1.165, 1.54) is 0 Å². The summed E-state index contributed by atoms with van der Waals surface area (Å²) in [6.07, 6.45) is 1.82. The molecular formula is C10H11N3O2. The lowest BCUT2D eigenvalue weighted by atomic mass is 10.3. The summed E-state index contributed by atoms with van der Waals surface area (Å²) in [5.74, 6) is -0.336. The molecule has 0 spiro atoms. The van der Waals surface area contributed by atoms with Gasteiger partial charge in [0.15, 0.2) is 5.69 Å². The van der Waals surface area contributed by atoms with Gasteiger partial charge in [0.05, 0.1) is 11.2 Å². The van der Waals surface area contributed by atoms with Crippen LogP contribution < -0.4 is 5.32 Å². The van der Waals surface area contributed by atoms with E-state index in [0.29, 0.717) is 11.3 Å². The second-order valence-corrected chi connectivity index (χ2v) is 3.24. The Morgan fingerprint density at radius 3 is 2.87 bits per heavy atom. The van der Waals surface area contributed by atoms with E-state index in [0.717, 1.165) is 5.69 Å². The molecule has 0 bridgehead atoms. The van der Waals surface area contributed by atoms with Crippen molar-refractivity contribution >= 4 is 17.2 Å². The fourth-order valence-corrected chi connectivity index (χ4v) is 1.54. The Morgan fingerprint density at radius 2 is 2.27 bits per heavy atom. The van der Waals surface area contributed by atoms with Gasteiger partial charge in [-0.2, -0.15) is 0 Å². The highest BCUT2D eigenvalue weighted by Crippen LogP contribution is 2.16. The van der Waals surface area contributed by atoms with Crippen LogP contribution in [0.3, 0.4) is 0 Å². The number of imidazole rings is 1. The number of hydrogen-bond donors (Lipinski definition) is 2. The van der Waals surface area contributed by atoms with E-state index in [4.69, 9.17) is 5.11 Å². The molecule has 2 aromatic heterocycles. The Hall–Kier alpha value is -2.04. The van der Waals surface area contributed by atoms with Gasteiger partial charge in [0.2, 0.25) is 0 Å². The van der Waals surface area contributed by atoms with Crippen LogP contribution in [0.4, 0.5) is 5.69 Å². The van der Waals surface area contributed by atoms with E-state index >= 15 is 0 Å². The number of nitrogens with one attached hydrogen (secondary N) is 1. The Morgan fingerprint density at radius 1 is 1.53 bits per heavy atom. The molecule has 2 aromatic rings. The van der Waals surface area contributed by atoms with Gasteiger partial charge < -0.3 is 14.8 Å². The number of anilines is 1. The van der Waals surface area contributed by atoms with Crippen molar-refractivity contribution in [3.63, 3.8) is 0 Å². The third kappa shape index (κ3) is 1.41. The summed E-state index contributed by atoms with van der Waals surface area (Å²) in [6, 6.07) is 3.57. The zero-order valence-electron chi connectivity index (χ0n) is 8.48. The van der Waals surface area contributed by atoms with E-state index in [-0.39, 0.29) is 5.69 Å². The van der Waals surface area contributed by atoms with Crippen LogP contribution in [0, 0.1) is 6.92 Å². The first kappa shape index (κ1) is 9.51. The molecule has 0 aliphatic rings. The van der Waals surface area contributed by atoms with Crippen molar-refractivity contribution < 1.29 is 9.90 Å². The molecule has 2 heterocycles. The topological polar surface area (TPSA) is 66.6 Å². The summed E-state index contributed by atoms with van der Waals surface area (Å²) in [4.78, 5) is 14.9. The van der Waals surface area contributed by atoms with Crippen LogP contribution in [0.15, 0.2) is 18.3 Å². The van der Waals surface area contributed by atoms with Gasteiger partial charge in [-0.1, -0.05) is 0 Å². The SMILES string of the molecule is CNc1ccc2c(C(=O)O)nc(C)n2c1. The molecule has 0 unspecified atom stereocenters. The number of carboxylic acid groups (broad SMARTS) is 1. The summed E-state index contributed by atoms with van der Waals surface area (Å²) in [5.41, 5.74) is 1.62. The number of aryl methyl sites for hydroxylation is 1. The van der Waals surface area contributed by atoms with Gasteiger partial charge in [-0.05, 0) is 19.1 Å². The Labute approximate surface area is 86.4 Å². The molecule has 0 saturated heterocycles. The number of rotatable bonds is 2. The molecule has 0 saturated carbocycles. The van der Waals surface area contributed by atoms with Crippen molar-refractivity contribution in [3.05, 3.63) is 29.8 Å². The minimum atomic E-state index is -1.00. The highest BCUT2D eigenvalue weighted by atomic mass is 16.4. The number of aromatic nitrogens is 2. The predicted molar refractivity (Wildman–Crippen MR) is 56.4 cm³/mol. The van der Waals surface area contributed by atoms with Gasteiger partial charge in [0.1, 0.15) is 5.82 Å². The van der Waals surface area contributed by atoms with E-state index in [1.54, 1.807) is 17.4 Å². The smallest absolute Gasteiger partial charge is 0.356 e. The Bertz CT molecular complexity index is 531. The number of aromatic carboxylic acids is 1. The van der Waals surface area contributed by atoms with Crippen LogP contribution >= 0.6 is 0 Å². The number of carboxylic acids is 1. The van der Waals surface area contributed by atoms with E-state index in [9.17, 15) is 4.79 Å². The molecule has 78 valence electrons. The number of nitrogens with zero attached hydrogens (tertiary/aromatic N) is 2. The normalized spacial score (nSPS) is 10.5. The van der Waals surface area contributed by atoms with E-state index in [2.05, 4.69) is 10.3 Å². The standard InChI is InChI=1S/C10H11N3O2/c1-6-12-9(10(14)15)8-4-3-7(11-2)5-13(6)8/h3-5,11H,1-2H3,(H,14,15). The molecule has 0 fully saturated rings. The maximum atomic E-state index is 10.9. The summed E-state index contributed by atoms with van der Waals surface area (Å²) >= 11 is 0. The maximum absolute atomic E-state index is 10.9. The minimum absolute atomic E-state index is 0.0927. The lowest BCUT2D eigenvalue weighted by Crippen LogP contribution is -1.97. The molecule has 2 rings (SSSR count). The minimum Gasteiger partial charge on any atom is -0.476 e. The van der Waals surface area contributed by atoms with Crippen LogP contribution in [0.1, 0.15) is 16.3 Å². The fraction of sp³-hybridized carbons (Fsp3) is 0.200. The van der Waals surface area contributed by atoms with Gasteiger partial charge in [0, 0.05) is 13.2 Å². The molecule has 5 heteroatoms. The zero-order valence-corrected chi connectivity index (χ0v) is 8.48. The molecule has 0 aromatic carbocycles. The highest BCUT2D eigenvalue weighted by Gasteiger charge is 2.14. The third-order valence-electron chi connectivity index (χ3n) is 2.30. The third-order valence-corrected chi connectivity index (χ3v) is 2.30. The summed E-state index contributed by atoms with van der Waals surface area (Å²) in [6.45, 7) is 1.78. The van der Waals surface area contributed by atoms with E-state index < -0.39 is 5.97 Å². The number of fused-ring (bicyclic) bond motifs is 1. The van der Waals surface area contributed by atoms with Crippen LogP contribution in [0.25, 0.3) is 5.52 Å². The second-order valence-electron chi connectivity index (χ2n) is 3.24. The monoisotopic (exact) mass is 205 g/mol. The molecular weight excluding hydrogens is 194 g/mol. The van der Waals surface area contributed by atoms with Gasteiger partial charge >= 0.3 is 5.97 Å². The van der Waals surface area contributed by atoms with Crippen LogP contribution in [0.5, 0.6) is 0 Å². The molecule has 0 radical (unpaired) electrons. The van der Waals surface area contributed by atoms with E-state index in [1.807, 2.05) is 19.3 Å². The summed E-state index contributed by atoms with van der Waals surface area (Å²) in [7, 11) is 1.81. The summed E-state index contributed by atoms with van der Waals surface area (Å²) < 4.78 is 1.76.